The minimum absolute atomic E-state index is 0.0464. The van der Waals surface area contributed by atoms with Gasteiger partial charge in [0.15, 0.2) is 0 Å². The Hall–Kier alpha value is -2.37. The van der Waals surface area contributed by atoms with Gasteiger partial charge < -0.3 is 15.3 Å². The molecule has 1 aliphatic heterocycles. The van der Waals surface area contributed by atoms with Gasteiger partial charge in [0.25, 0.3) is 0 Å². The van der Waals surface area contributed by atoms with Gasteiger partial charge in [0.2, 0.25) is 11.8 Å². The first kappa shape index (κ1) is 24.9. The second kappa shape index (κ2) is 13.1. The molecule has 0 bridgehead atoms. The van der Waals surface area contributed by atoms with Crippen LogP contribution in [0, 0.1) is 0 Å². The van der Waals surface area contributed by atoms with Crippen LogP contribution in [0.25, 0.3) is 0 Å². The van der Waals surface area contributed by atoms with E-state index in [0.717, 1.165) is 63.4 Å². The standard InChI is InChI=1S/C25H38N2O4/c1-25(18-13-16-22(28)27(25)20-21-14-9-8-10-15-21)24(31)26-19-12-7-5-3-2-4-6-11-17-23(29)30/h8-10,14-15H,2-7,11-13,16-20H2,1H3,(H,26,31)(H,29,30). The molecule has 0 saturated carbocycles. The predicted molar refractivity (Wildman–Crippen MR) is 121 cm³/mol. The molecular weight excluding hydrogens is 392 g/mol. The van der Waals surface area contributed by atoms with Crippen molar-refractivity contribution in [2.75, 3.05) is 6.54 Å². The Bertz CT molecular complexity index is 707. The number of rotatable bonds is 14. The molecule has 31 heavy (non-hydrogen) atoms. The summed E-state index contributed by atoms with van der Waals surface area (Å²) in [6.07, 6.45) is 10.5. The first-order valence-electron chi connectivity index (χ1n) is 11.8. The molecule has 1 aromatic rings. The molecule has 0 aromatic heterocycles. The average Bonchev–Trinajstić information content (AvgIpc) is 2.75. The number of aliphatic carboxylic acids is 1. The SMILES string of the molecule is CC1(C(=O)NCCCCCCCCCCC(=O)O)CCCC(=O)N1Cc1ccccc1. The second-order valence-corrected chi connectivity index (χ2v) is 8.82. The van der Waals surface area contributed by atoms with E-state index in [4.69, 9.17) is 5.11 Å². The molecule has 1 aliphatic rings. The lowest BCUT2D eigenvalue weighted by Crippen LogP contribution is -2.60. The normalized spacial score (nSPS) is 18.7. The number of amides is 2. The highest BCUT2D eigenvalue weighted by Crippen LogP contribution is 2.30. The number of carboxylic acid groups (broad SMARTS) is 1. The summed E-state index contributed by atoms with van der Waals surface area (Å²) >= 11 is 0. The van der Waals surface area contributed by atoms with E-state index in [9.17, 15) is 14.4 Å². The van der Waals surface area contributed by atoms with Crippen LogP contribution in [-0.4, -0.2) is 39.9 Å². The number of piperidine rings is 1. The molecular formula is C25H38N2O4. The van der Waals surface area contributed by atoms with Crippen LogP contribution in [0.5, 0.6) is 0 Å². The summed E-state index contributed by atoms with van der Waals surface area (Å²) in [7, 11) is 0. The molecule has 6 heteroatoms. The summed E-state index contributed by atoms with van der Waals surface area (Å²) < 4.78 is 0. The van der Waals surface area contributed by atoms with Crippen molar-refractivity contribution in [3.63, 3.8) is 0 Å². The van der Waals surface area contributed by atoms with Gasteiger partial charge in [0.05, 0.1) is 0 Å². The zero-order valence-electron chi connectivity index (χ0n) is 18.9. The van der Waals surface area contributed by atoms with Gasteiger partial charge in [0, 0.05) is 25.9 Å². The van der Waals surface area contributed by atoms with Gasteiger partial charge >= 0.3 is 5.97 Å². The molecule has 0 spiro atoms. The molecule has 1 fully saturated rings. The quantitative estimate of drug-likeness (QED) is 0.420. The first-order chi connectivity index (χ1) is 14.9. The van der Waals surface area contributed by atoms with E-state index < -0.39 is 11.5 Å². The van der Waals surface area contributed by atoms with E-state index in [1.807, 2.05) is 37.3 Å². The highest BCUT2D eigenvalue weighted by Gasteiger charge is 2.44. The van der Waals surface area contributed by atoms with E-state index in [1.54, 1.807) is 4.90 Å². The van der Waals surface area contributed by atoms with Crippen molar-refractivity contribution >= 4 is 17.8 Å². The fraction of sp³-hybridized carbons (Fsp3) is 0.640. The molecule has 1 atom stereocenters. The molecule has 2 amide bonds. The van der Waals surface area contributed by atoms with E-state index in [1.165, 1.54) is 0 Å². The zero-order chi connectivity index (χ0) is 22.5. The van der Waals surface area contributed by atoms with Crippen LogP contribution in [0.1, 0.15) is 89.5 Å². The topological polar surface area (TPSA) is 86.7 Å². The lowest BCUT2D eigenvalue weighted by molar-refractivity contribution is -0.152. The van der Waals surface area contributed by atoms with Crippen LogP contribution in [0.2, 0.25) is 0 Å². The molecule has 6 nitrogen and oxygen atoms in total. The third-order valence-corrected chi connectivity index (χ3v) is 6.23. The number of carbonyl (C=O) groups is 3. The van der Waals surface area contributed by atoms with Crippen molar-refractivity contribution < 1.29 is 19.5 Å². The van der Waals surface area contributed by atoms with Gasteiger partial charge in [-0.1, -0.05) is 68.9 Å². The maximum atomic E-state index is 13.0. The largest absolute Gasteiger partial charge is 0.481 e. The maximum absolute atomic E-state index is 13.0. The van der Waals surface area contributed by atoms with Crippen LogP contribution in [0.4, 0.5) is 0 Å². The predicted octanol–water partition coefficient (Wildman–Crippen LogP) is 4.67. The summed E-state index contributed by atoms with van der Waals surface area (Å²) in [6, 6.07) is 9.85. The van der Waals surface area contributed by atoms with Crippen molar-refractivity contribution in [3.8, 4) is 0 Å². The Labute approximate surface area is 186 Å². The number of unbranched alkanes of at least 4 members (excludes halogenated alkanes) is 7. The van der Waals surface area contributed by atoms with Crippen molar-refractivity contribution in [1.29, 1.82) is 0 Å². The van der Waals surface area contributed by atoms with Crippen molar-refractivity contribution in [3.05, 3.63) is 35.9 Å². The number of carboxylic acids is 1. The van der Waals surface area contributed by atoms with Crippen molar-refractivity contribution in [2.24, 2.45) is 0 Å². The van der Waals surface area contributed by atoms with Crippen LogP contribution < -0.4 is 5.32 Å². The van der Waals surface area contributed by atoms with Gasteiger partial charge in [-0.05, 0) is 38.2 Å². The van der Waals surface area contributed by atoms with Crippen molar-refractivity contribution in [1.82, 2.24) is 10.2 Å². The van der Waals surface area contributed by atoms with Gasteiger partial charge in [0.1, 0.15) is 5.54 Å². The highest BCUT2D eigenvalue weighted by atomic mass is 16.4. The maximum Gasteiger partial charge on any atom is 0.303 e. The highest BCUT2D eigenvalue weighted by molar-refractivity contribution is 5.92. The Morgan fingerprint density at radius 3 is 2.26 bits per heavy atom. The number of nitrogens with zero attached hydrogens (tertiary/aromatic N) is 1. The molecule has 0 radical (unpaired) electrons. The number of benzene rings is 1. The molecule has 1 saturated heterocycles. The van der Waals surface area contributed by atoms with Gasteiger partial charge in [-0.25, -0.2) is 0 Å². The summed E-state index contributed by atoms with van der Waals surface area (Å²) in [5.74, 6) is -0.706. The lowest BCUT2D eigenvalue weighted by atomic mass is 9.86. The molecule has 2 rings (SSSR count). The van der Waals surface area contributed by atoms with Crippen LogP contribution in [0.15, 0.2) is 30.3 Å². The Morgan fingerprint density at radius 1 is 1.00 bits per heavy atom. The number of nitrogens with one attached hydrogen (secondary N) is 1. The molecule has 1 aromatic carbocycles. The number of carbonyl (C=O) groups excluding carboxylic acids is 2. The van der Waals surface area contributed by atoms with E-state index in [-0.39, 0.29) is 18.2 Å². The van der Waals surface area contributed by atoms with Gasteiger partial charge in [-0.15, -0.1) is 0 Å². The summed E-state index contributed by atoms with van der Waals surface area (Å²) in [4.78, 5) is 37.8. The van der Waals surface area contributed by atoms with E-state index in [0.29, 0.717) is 25.9 Å². The monoisotopic (exact) mass is 430 g/mol. The average molecular weight is 431 g/mol. The summed E-state index contributed by atoms with van der Waals surface area (Å²) in [5.41, 5.74) is 0.251. The minimum Gasteiger partial charge on any atom is -0.481 e. The van der Waals surface area contributed by atoms with Crippen LogP contribution >= 0.6 is 0 Å². The first-order valence-corrected chi connectivity index (χ1v) is 11.8. The van der Waals surface area contributed by atoms with Gasteiger partial charge in [-0.2, -0.15) is 0 Å². The van der Waals surface area contributed by atoms with E-state index >= 15 is 0 Å². The van der Waals surface area contributed by atoms with E-state index in [2.05, 4.69) is 5.32 Å². The van der Waals surface area contributed by atoms with Crippen LogP contribution in [-0.2, 0) is 20.9 Å². The molecule has 1 unspecified atom stereocenters. The lowest BCUT2D eigenvalue weighted by Gasteiger charge is -2.43. The fourth-order valence-electron chi connectivity index (χ4n) is 4.25. The van der Waals surface area contributed by atoms with Crippen LogP contribution in [0.3, 0.4) is 0 Å². The molecule has 2 N–H and O–H groups in total. The Balaban J connectivity index is 1.67. The fourth-order valence-corrected chi connectivity index (χ4v) is 4.25. The second-order valence-electron chi connectivity index (χ2n) is 8.82. The van der Waals surface area contributed by atoms with Gasteiger partial charge in [-0.3, -0.25) is 14.4 Å². The third kappa shape index (κ3) is 8.35. The van der Waals surface area contributed by atoms with Crippen molar-refractivity contribution in [2.45, 2.75) is 96.1 Å². The molecule has 1 heterocycles. The summed E-state index contributed by atoms with van der Waals surface area (Å²) in [5, 5.41) is 11.7. The Morgan fingerprint density at radius 2 is 1.61 bits per heavy atom. The molecule has 172 valence electrons. The smallest absolute Gasteiger partial charge is 0.303 e. The Kier molecular flexibility index (Phi) is 10.5. The number of hydrogen-bond acceptors (Lipinski definition) is 3. The number of likely N-dealkylation sites (tertiary alicyclic amines) is 1. The summed E-state index contributed by atoms with van der Waals surface area (Å²) in [6.45, 7) is 3.00. The number of hydrogen-bond donors (Lipinski definition) is 2. The third-order valence-electron chi connectivity index (χ3n) is 6.23. The molecule has 0 aliphatic carbocycles. The zero-order valence-corrected chi connectivity index (χ0v) is 18.9. The minimum atomic E-state index is -0.791.